The zero-order chi connectivity index (χ0) is 20.5. The first kappa shape index (κ1) is 19.1. The van der Waals surface area contributed by atoms with E-state index >= 15 is 0 Å². The van der Waals surface area contributed by atoms with E-state index in [0.29, 0.717) is 16.8 Å². The molecule has 3 aromatic rings. The van der Waals surface area contributed by atoms with Crippen molar-refractivity contribution in [2.24, 2.45) is 0 Å². The normalized spacial score (nSPS) is 16.0. The molecule has 0 aliphatic carbocycles. The van der Waals surface area contributed by atoms with Crippen LogP contribution in [-0.2, 0) is 4.79 Å². The molecule has 0 saturated heterocycles. The Morgan fingerprint density at radius 3 is 2.48 bits per heavy atom. The van der Waals surface area contributed by atoms with Gasteiger partial charge in [-0.1, -0.05) is 30.3 Å². The maximum absolute atomic E-state index is 14.2. The van der Waals surface area contributed by atoms with Crippen LogP contribution in [0.15, 0.2) is 60.7 Å². The van der Waals surface area contributed by atoms with Crippen LogP contribution in [0, 0.1) is 5.82 Å². The minimum atomic E-state index is -0.458. The highest BCUT2D eigenvalue weighted by Gasteiger charge is 2.37. The summed E-state index contributed by atoms with van der Waals surface area (Å²) in [6, 6.07) is 17.6. The Bertz CT molecular complexity index is 1080. The SMILES string of the molecule is CNC(=O)CN1c2ccccc2C(=O)N(C)[C@@H]1c1ccc(-c2ccccc2F)s1. The Labute approximate surface area is 172 Å². The molecule has 1 atom stereocenters. The Kier molecular flexibility index (Phi) is 5.07. The molecule has 7 heteroatoms. The highest BCUT2D eigenvalue weighted by molar-refractivity contribution is 7.15. The van der Waals surface area contributed by atoms with E-state index in [1.54, 1.807) is 43.3 Å². The minimum Gasteiger partial charge on any atom is -0.358 e. The number of nitrogens with one attached hydrogen (secondary N) is 1. The van der Waals surface area contributed by atoms with Crippen molar-refractivity contribution < 1.29 is 14.0 Å². The molecule has 1 aromatic heterocycles. The summed E-state index contributed by atoms with van der Waals surface area (Å²) in [5.41, 5.74) is 1.79. The van der Waals surface area contributed by atoms with Gasteiger partial charge in [0.2, 0.25) is 5.91 Å². The van der Waals surface area contributed by atoms with Crippen LogP contribution >= 0.6 is 11.3 Å². The predicted octanol–water partition coefficient (Wildman–Crippen LogP) is 3.89. The van der Waals surface area contributed by atoms with Crippen molar-refractivity contribution in [3.8, 4) is 10.4 Å². The van der Waals surface area contributed by atoms with Gasteiger partial charge in [0.1, 0.15) is 12.0 Å². The van der Waals surface area contributed by atoms with E-state index in [1.165, 1.54) is 17.4 Å². The molecule has 5 nitrogen and oxygen atoms in total. The van der Waals surface area contributed by atoms with Gasteiger partial charge in [-0.3, -0.25) is 9.59 Å². The predicted molar refractivity (Wildman–Crippen MR) is 112 cm³/mol. The van der Waals surface area contributed by atoms with Gasteiger partial charge in [-0.2, -0.15) is 0 Å². The van der Waals surface area contributed by atoms with Gasteiger partial charge in [0, 0.05) is 29.4 Å². The lowest BCUT2D eigenvalue weighted by molar-refractivity contribution is -0.119. The number of amides is 2. The molecule has 0 saturated carbocycles. The van der Waals surface area contributed by atoms with Crippen molar-refractivity contribution in [2.45, 2.75) is 6.17 Å². The first-order chi connectivity index (χ1) is 14.0. The second kappa shape index (κ2) is 7.67. The Morgan fingerprint density at radius 1 is 1.07 bits per heavy atom. The van der Waals surface area contributed by atoms with Gasteiger partial charge in [-0.15, -0.1) is 11.3 Å². The van der Waals surface area contributed by atoms with Crippen LogP contribution in [0.1, 0.15) is 21.4 Å². The number of para-hydroxylation sites is 1. The summed E-state index contributed by atoms with van der Waals surface area (Å²) in [5, 5.41) is 2.65. The molecule has 29 heavy (non-hydrogen) atoms. The van der Waals surface area contributed by atoms with Crippen LogP contribution < -0.4 is 10.2 Å². The Hall–Kier alpha value is -3.19. The highest BCUT2D eigenvalue weighted by Crippen LogP contribution is 2.42. The molecule has 148 valence electrons. The number of nitrogens with zero attached hydrogens (tertiary/aromatic N) is 2. The Morgan fingerprint density at radius 2 is 1.76 bits per heavy atom. The van der Waals surface area contributed by atoms with Crippen molar-refractivity contribution in [1.29, 1.82) is 0 Å². The molecule has 2 amide bonds. The van der Waals surface area contributed by atoms with E-state index < -0.39 is 6.17 Å². The zero-order valence-electron chi connectivity index (χ0n) is 16.1. The van der Waals surface area contributed by atoms with E-state index in [0.717, 1.165) is 9.75 Å². The zero-order valence-corrected chi connectivity index (χ0v) is 16.9. The third kappa shape index (κ3) is 3.38. The number of benzene rings is 2. The molecule has 0 bridgehead atoms. The van der Waals surface area contributed by atoms with Gasteiger partial charge in [0.25, 0.3) is 5.91 Å². The smallest absolute Gasteiger partial charge is 0.257 e. The Balaban J connectivity index is 1.80. The van der Waals surface area contributed by atoms with Gasteiger partial charge in [0.15, 0.2) is 0 Å². The molecule has 0 unspecified atom stereocenters. The third-order valence-corrected chi connectivity index (χ3v) is 6.20. The molecule has 2 heterocycles. The van der Waals surface area contributed by atoms with Crippen molar-refractivity contribution in [3.63, 3.8) is 0 Å². The molecule has 4 rings (SSSR count). The van der Waals surface area contributed by atoms with Crippen molar-refractivity contribution in [2.75, 3.05) is 25.5 Å². The minimum absolute atomic E-state index is 0.0999. The summed E-state index contributed by atoms with van der Waals surface area (Å²) in [4.78, 5) is 30.4. The van der Waals surface area contributed by atoms with Crippen LogP contribution in [0.2, 0.25) is 0 Å². The van der Waals surface area contributed by atoms with E-state index in [9.17, 15) is 14.0 Å². The number of anilines is 1. The molecule has 0 radical (unpaired) electrons. The summed E-state index contributed by atoms with van der Waals surface area (Å²) in [6.45, 7) is 0.0999. The topological polar surface area (TPSA) is 52.7 Å². The summed E-state index contributed by atoms with van der Waals surface area (Å²) in [5.74, 6) is -0.556. The summed E-state index contributed by atoms with van der Waals surface area (Å²) in [7, 11) is 3.31. The van der Waals surface area contributed by atoms with Crippen molar-refractivity contribution in [1.82, 2.24) is 10.2 Å². The van der Waals surface area contributed by atoms with Crippen LogP contribution in [0.3, 0.4) is 0 Å². The molecule has 1 N–H and O–H groups in total. The molecule has 0 fully saturated rings. The fraction of sp³-hybridized carbons (Fsp3) is 0.182. The third-order valence-electron chi connectivity index (χ3n) is 5.04. The monoisotopic (exact) mass is 409 g/mol. The summed E-state index contributed by atoms with van der Waals surface area (Å²) < 4.78 is 14.2. The van der Waals surface area contributed by atoms with Gasteiger partial charge in [-0.05, 0) is 30.3 Å². The van der Waals surface area contributed by atoms with Crippen LogP contribution in [0.4, 0.5) is 10.1 Å². The fourth-order valence-electron chi connectivity index (χ4n) is 3.59. The average molecular weight is 409 g/mol. The van der Waals surface area contributed by atoms with E-state index in [1.807, 2.05) is 35.2 Å². The summed E-state index contributed by atoms with van der Waals surface area (Å²) in [6.07, 6.45) is -0.458. The van der Waals surface area contributed by atoms with E-state index in [-0.39, 0.29) is 24.2 Å². The van der Waals surface area contributed by atoms with Crippen LogP contribution in [0.5, 0.6) is 0 Å². The highest BCUT2D eigenvalue weighted by atomic mass is 32.1. The van der Waals surface area contributed by atoms with Gasteiger partial charge in [-0.25, -0.2) is 4.39 Å². The number of carbonyl (C=O) groups is 2. The number of hydrogen-bond acceptors (Lipinski definition) is 4. The fourth-order valence-corrected chi connectivity index (χ4v) is 4.79. The maximum Gasteiger partial charge on any atom is 0.257 e. The average Bonchev–Trinajstić information content (AvgIpc) is 3.21. The maximum atomic E-state index is 14.2. The standard InChI is InChI=1S/C22H20FN3O2S/c1-24-20(27)13-26-17-10-6-4-8-15(17)22(28)25(2)21(26)19-12-11-18(29-19)14-7-3-5-9-16(14)23/h3-12,21H,13H2,1-2H3,(H,24,27)/t21-/m0/s1. The van der Waals surface area contributed by atoms with Gasteiger partial charge in [0.05, 0.1) is 17.8 Å². The van der Waals surface area contributed by atoms with Crippen LogP contribution in [-0.4, -0.2) is 37.4 Å². The lowest BCUT2D eigenvalue weighted by Gasteiger charge is -2.43. The molecular weight excluding hydrogens is 389 g/mol. The number of fused-ring (bicyclic) bond motifs is 1. The lowest BCUT2D eigenvalue weighted by Crippen LogP contribution is -2.50. The molecule has 1 aliphatic heterocycles. The van der Waals surface area contributed by atoms with E-state index in [2.05, 4.69) is 5.32 Å². The van der Waals surface area contributed by atoms with Crippen molar-refractivity contribution >= 4 is 28.8 Å². The largest absolute Gasteiger partial charge is 0.358 e. The van der Waals surface area contributed by atoms with E-state index in [4.69, 9.17) is 0 Å². The van der Waals surface area contributed by atoms with Crippen molar-refractivity contribution in [3.05, 3.63) is 76.9 Å². The number of rotatable bonds is 4. The molecule has 1 aliphatic rings. The molecular formula is C22H20FN3O2S. The van der Waals surface area contributed by atoms with Gasteiger partial charge >= 0.3 is 0 Å². The number of thiophene rings is 1. The number of hydrogen-bond donors (Lipinski definition) is 1. The number of halogens is 1. The van der Waals surface area contributed by atoms with Gasteiger partial charge < -0.3 is 15.1 Å². The lowest BCUT2D eigenvalue weighted by atomic mass is 10.0. The first-order valence-corrected chi connectivity index (χ1v) is 10.0. The second-order valence-corrected chi connectivity index (χ2v) is 7.91. The molecule has 0 spiro atoms. The van der Waals surface area contributed by atoms with Crippen LogP contribution in [0.25, 0.3) is 10.4 Å². The first-order valence-electron chi connectivity index (χ1n) is 9.19. The molecule has 2 aromatic carbocycles. The second-order valence-electron chi connectivity index (χ2n) is 6.79. The number of likely N-dealkylation sites (N-methyl/N-ethyl adjacent to an activating group) is 1. The summed E-state index contributed by atoms with van der Waals surface area (Å²) >= 11 is 1.42. The number of carbonyl (C=O) groups excluding carboxylic acids is 2. The quantitative estimate of drug-likeness (QED) is 0.711.